The van der Waals surface area contributed by atoms with Crippen LogP contribution in [0.2, 0.25) is 5.02 Å². The standard InChI is InChI=1S/C19H22ClN3O4S/c1-13-19(28(24,25)22(3)12-17-6-5-9-27-17)14(2)23(21-13)11-15-10-16(20)7-8-18(15)26-4/h5-10H,11-12H2,1-4H3. The van der Waals surface area contributed by atoms with E-state index in [0.29, 0.717) is 34.5 Å². The lowest BCUT2D eigenvalue weighted by molar-refractivity contribution is 0.405. The maximum absolute atomic E-state index is 13.1. The molecule has 0 bridgehead atoms. The van der Waals surface area contributed by atoms with Crippen molar-refractivity contribution >= 4 is 21.6 Å². The second-order valence-electron chi connectivity index (χ2n) is 6.45. The summed E-state index contributed by atoms with van der Waals surface area (Å²) in [7, 11) is -0.640. The third-order valence-electron chi connectivity index (χ3n) is 4.50. The van der Waals surface area contributed by atoms with Crippen molar-refractivity contribution in [1.82, 2.24) is 14.1 Å². The Morgan fingerprint density at radius 1 is 1.29 bits per heavy atom. The van der Waals surface area contributed by atoms with Crippen molar-refractivity contribution in [2.45, 2.75) is 31.8 Å². The molecule has 2 heterocycles. The van der Waals surface area contributed by atoms with E-state index < -0.39 is 10.0 Å². The number of nitrogens with zero attached hydrogens (tertiary/aromatic N) is 3. The Kier molecular flexibility index (Phi) is 5.83. The van der Waals surface area contributed by atoms with Gasteiger partial charge in [-0.05, 0) is 44.2 Å². The lowest BCUT2D eigenvalue weighted by atomic mass is 10.2. The van der Waals surface area contributed by atoms with E-state index in [1.54, 1.807) is 56.0 Å². The lowest BCUT2D eigenvalue weighted by Crippen LogP contribution is -2.27. The van der Waals surface area contributed by atoms with Crippen LogP contribution in [0.15, 0.2) is 45.9 Å². The van der Waals surface area contributed by atoms with Crippen LogP contribution in [0.1, 0.15) is 22.7 Å². The average Bonchev–Trinajstić information content (AvgIpc) is 3.23. The van der Waals surface area contributed by atoms with E-state index in [1.807, 2.05) is 0 Å². The summed E-state index contributed by atoms with van der Waals surface area (Å²) in [5, 5.41) is 5.02. The van der Waals surface area contributed by atoms with Gasteiger partial charge in [0.25, 0.3) is 0 Å². The maximum atomic E-state index is 13.1. The second kappa shape index (κ2) is 7.98. The van der Waals surface area contributed by atoms with E-state index in [9.17, 15) is 8.42 Å². The number of aromatic nitrogens is 2. The molecule has 2 aromatic heterocycles. The number of methoxy groups -OCH3 is 1. The van der Waals surface area contributed by atoms with Crippen LogP contribution in [-0.2, 0) is 23.1 Å². The third-order valence-corrected chi connectivity index (χ3v) is 6.80. The van der Waals surface area contributed by atoms with Crippen molar-refractivity contribution in [1.29, 1.82) is 0 Å². The number of halogens is 1. The minimum atomic E-state index is -3.74. The molecule has 0 amide bonds. The first-order valence-corrected chi connectivity index (χ1v) is 10.4. The van der Waals surface area contributed by atoms with Crippen molar-refractivity contribution in [2.24, 2.45) is 0 Å². The molecule has 0 N–H and O–H groups in total. The molecular weight excluding hydrogens is 402 g/mol. The fraction of sp³-hybridized carbons (Fsp3) is 0.316. The largest absolute Gasteiger partial charge is 0.496 e. The number of benzene rings is 1. The molecule has 3 aromatic rings. The highest BCUT2D eigenvalue weighted by molar-refractivity contribution is 7.89. The van der Waals surface area contributed by atoms with Gasteiger partial charge in [0.15, 0.2) is 0 Å². The number of hydrogen-bond acceptors (Lipinski definition) is 5. The molecule has 9 heteroatoms. The molecular formula is C19H22ClN3O4S. The second-order valence-corrected chi connectivity index (χ2v) is 8.87. The molecule has 1 aromatic carbocycles. The van der Waals surface area contributed by atoms with Crippen LogP contribution >= 0.6 is 11.6 Å². The highest BCUT2D eigenvalue weighted by Crippen LogP contribution is 2.27. The molecule has 0 atom stereocenters. The maximum Gasteiger partial charge on any atom is 0.246 e. The van der Waals surface area contributed by atoms with Gasteiger partial charge < -0.3 is 9.15 Å². The monoisotopic (exact) mass is 423 g/mol. The summed E-state index contributed by atoms with van der Waals surface area (Å²) >= 11 is 6.10. The molecule has 28 heavy (non-hydrogen) atoms. The smallest absolute Gasteiger partial charge is 0.246 e. The fourth-order valence-electron chi connectivity index (χ4n) is 3.10. The molecule has 0 saturated carbocycles. The highest BCUT2D eigenvalue weighted by Gasteiger charge is 2.29. The van der Waals surface area contributed by atoms with Crippen LogP contribution in [0.25, 0.3) is 0 Å². The first kappa shape index (κ1) is 20.4. The highest BCUT2D eigenvalue weighted by atomic mass is 35.5. The molecule has 0 spiro atoms. The van der Waals surface area contributed by atoms with Gasteiger partial charge in [-0.1, -0.05) is 11.6 Å². The molecule has 0 fully saturated rings. The predicted octanol–water partition coefficient (Wildman–Crippen LogP) is 3.62. The first-order chi connectivity index (χ1) is 13.2. The van der Waals surface area contributed by atoms with E-state index in [-0.39, 0.29) is 11.4 Å². The number of sulfonamides is 1. The Bertz CT molecular complexity index is 1080. The van der Waals surface area contributed by atoms with E-state index in [4.69, 9.17) is 20.8 Å². The Balaban J connectivity index is 1.94. The van der Waals surface area contributed by atoms with Gasteiger partial charge in [0.2, 0.25) is 10.0 Å². The number of aryl methyl sites for hydroxylation is 1. The zero-order chi connectivity index (χ0) is 20.5. The van der Waals surface area contributed by atoms with E-state index in [2.05, 4.69) is 5.10 Å². The van der Waals surface area contributed by atoms with Crippen molar-refractivity contribution in [3.05, 3.63) is 64.3 Å². The summed E-state index contributed by atoms with van der Waals surface area (Å²) in [6.07, 6.45) is 1.52. The van der Waals surface area contributed by atoms with Crippen LogP contribution in [-0.4, -0.2) is 36.7 Å². The first-order valence-electron chi connectivity index (χ1n) is 8.59. The lowest BCUT2D eigenvalue weighted by Gasteiger charge is -2.16. The summed E-state index contributed by atoms with van der Waals surface area (Å²) in [6.45, 7) is 3.91. The summed E-state index contributed by atoms with van der Waals surface area (Å²) in [6, 6.07) is 8.76. The van der Waals surface area contributed by atoms with Gasteiger partial charge in [-0.2, -0.15) is 9.40 Å². The topological polar surface area (TPSA) is 77.6 Å². The molecule has 0 aliphatic carbocycles. The van der Waals surface area contributed by atoms with Gasteiger partial charge in [-0.15, -0.1) is 0 Å². The average molecular weight is 424 g/mol. The summed E-state index contributed by atoms with van der Waals surface area (Å²) in [5.41, 5.74) is 1.80. The minimum Gasteiger partial charge on any atom is -0.496 e. The van der Waals surface area contributed by atoms with Gasteiger partial charge in [0.05, 0.1) is 37.9 Å². The SMILES string of the molecule is COc1ccc(Cl)cc1Cn1nc(C)c(S(=O)(=O)N(C)Cc2ccco2)c1C. The summed E-state index contributed by atoms with van der Waals surface area (Å²) < 4.78 is 39.8. The molecule has 0 aliphatic rings. The fourth-order valence-corrected chi connectivity index (χ4v) is 4.80. The molecule has 3 rings (SSSR count). The van der Waals surface area contributed by atoms with E-state index >= 15 is 0 Å². The zero-order valence-corrected chi connectivity index (χ0v) is 17.7. The molecule has 0 radical (unpaired) electrons. The molecule has 0 aliphatic heterocycles. The number of hydrogen-bond donors (Lipinski definition) is 0. The minimum absolute atomic E-state index is 0.140. The predicted molar refractivity (Wildman–Crippen MR) is 106 cm³/mol. The summed E-state index contributed by atoms with van der Waals surface area (Å²) in [5.74, 6) is 1.23. The van der Waals surface area contributed by atoms with Gasteiger partial charge in [0, 0.05) is 17.6 Å². The zero-order valence-electron chi connectivity index (χ0n) is 16.1. The van der Waals surface area contributed by atoms with Gasteiger partial charge in [-0.3, -0.25) is 4.68 Å². The third kappa shape index (κ3) is 3.94. The quantitative estimate of drug-likeness (QED) is 0.580. The number of ether oxygens (including phenoxy) is 1. The molecule has 0 saturated heterocycles. The Labute approximate surface area is 169 Å². The van der Waals surface area contributed by atoms with Gasteiger partial charge in [-0.25, -0.2) is 8.42 Å². The van der Waals surface area contributed by atoms with E-state index in [1.165, 1.54) is 17.6 Å². The van der Waals surface area contributed by atoms with Gasteiger partial charge in [0.1, 0.15) is 16.4 Å². The molecule has 150 valence electrons. The molecule has 7 nitrogen and oxygen atoms in total. The Hall–Kier alpha value is -2.29. The van der Waals surface area contributed by atoms with Crippen molar-refractivity contribution in [3.63, 3.8) is 0 Å². The van der Waals surface area contributed by atoms with Crippen molar-refractivity contribution < 1.29 is 17.6 Å². The van der Waals surface area contributed by atoms with Crippen molar-refractivity contribution in [3.8, 4) is 5.75 Å². The van der Waals surface area contributed by atoms with Gasteiger partial charge >= 0.3 is 0 Å². The van der Waals surface area contributed by atoms with Crippen molar-refractivity contribution in [2.75, 3.05) is 14.2 Å². The number of furan rings is 1. The Morgan fingerprint density at radius 2 is 2.04 bits per heavy atom. The van der Waals surface area contributed by atoms with Crippen LogP contribution < -0.4 is 4.74 Å². The molecule has 0 unspecified atom stereocenters. The van der Waals surface area contributed by atoms with Crippen LogP contribution in [0, 0.1) is 13.8 Å². The van der Waals surface area contributed by atoms with Crippen LogP contribution in [0.3, 0.4) is 0 Å². The number of rotatable bonds is 7. The van der Waals surface area contributed by atoms with Crippen LogP contribution in [0.4, 0.5) is 0 Å². The van der Waals surface area contributed by atoms with E-state index in [0.717, 1.165) is 5.56 Å². The van der Waals surface area contributed by atoms with Crippen LogP contribution in [0.5, 0.6) is 5.75 Å². The Morgan fingerprint density at radius 3 is 2.68 bits per heavy atom. The summed E-state index contributed by atoms with van der Waals surface area (Å²) in [4.78, 5) is 0.197. The normalized spacial score (nSPS) is 11.9.